The summed E-state index contributed by atoms with van der Waals surface area (Å²) in [5.41, 5.74) is 0. The zero-order valence-electron chi connectivity index (χ0n) is 11.9. The van der Waals surface area contributed by atoms with Crippen molar-refractivity contribution in [3.05, 3.63) is 12.4 Å². The van der Waals surface area contributed by atoms with Gasteiger partial charge in [-0.25, -0.2) is 9.78 Å². The number of amides is 1. The Balaban J connectivity index is 1.92. The van der Waals surface area contributed by atoms with Gasteiger partial charge in [0.2, 0.25) is 0 Å². The van der Waals surface area contributed by atoms with Gasteiger partial charge in [-0.15, -0.1) is 0 Å². The third-order valence-electron chi connectivity index (χ3n) is 3.34. The SMILES string of the molecule is CCOC(=O)N1CCC(n2ccnc2SCC(=O)O)CC1. The molecule has 8 heteroatoms. The maximum atomic E-state index is 11.7. The average molecular weight is 313 g/mol. The van der Waals surface area contributed by atoms with Gasteiger partial charge >= 0.3 is 12.1 Å². The van der Waals surface area contributed by atoms with Crippen molar-refractivity contribution < 1.29 is 19.4 Å². The molecule has 2 rings (SSSR count). The average Bonchev–Trinajstić information content (AvgIpc) is 2.94. The minimum Gasteiger partial charge on any atom is -0.481 e. The van der Waals surface area contributed by atoms with Gasteiger partial charge in [-0.3, -0.25) is 4.79 Å². The number of hydrogen-bond donors (Lipinski definition) is 1. The number of nitrogens with zero attached hydrogens (tertiary/aromatic N) is 3. The highest BCUT2D eigenvalue weighted by atomic mass is 32.2. The summed E-state index contributed by atoms with van der Waals surface area (Å²) in [4.78, 5) is 28.2. The molecule has 0 aliphatic carbocycles. The number of thioether (sulfide) groups is 1. The van der Waals surface area contributed by atoms with Crippen LogP contribution in [0.15, 0.2) is 17.6 Å². The molecule has 116 valence electrons. The third-order valence-corrected chi connectivity index (χ3v) is 4.31. The quantitative estimate of drug-likeness (QED) is 0.835. The zero-order valence-corrected chi connectivity index (χ0v) is 12.7. The number of carboxylic acid groups (broad SMARTS) is 1. The van der Waals surface area contributed by atoms with Crippen molar-refractivity contribution >= 4 is 23.8 Å². The first-order valence-electron chi connectivity index (χ1n) is 6.91. The summed E-state index contributed by atoms with van der Waals surface area (Å²) in [7, 11) is 0. The predicted octanol–water partition coefficient (Wildman–Crippen LogP) is 1.85. The Morgan fingerprint density at radius 3 is 2.81 bits per heavy atom. The summed E-state index contributed by atoms with van der Waals surface area (Å²) in [6.45, 7) is 3.47. The molecular formula is C13H19N3O4S. The van der Waals surface area contributed by atoms with Crippen molar-refractivity contribution in [2.45, 2.75) is 31.0 Å². The number of carbonyl (C=O) groups excluding carboxylic acids is 1. The van der Waals surface area contributed by atoms with Crippen LogP contribution in [0.2, 0.25) is 0 Å². The van der Waals surface area contributed by atoms with Crippen LogP contribution in [0.25, 0.3) is 0 Å². The van der Waals surface area contributed by atoms with Gasteiger partial charge in [0.1, 0.15) is 0 Å². The molecular weight excluding hydrogens is 294 g/mol. The van der Waals surface area contributed by atoms with E-state index >= 15 is 0 Å². The van der Waals surface area contributed by atoms with Crippen LogP contribution in [0.1, 0.15) is 25.8 Å². The summed E-state index contributed by atoms with van der Waals surface area (Å²) in [5.74, 6) is -0.856. The minimum atomic E-state index is -0.855. The van der Waals surface area contributed by atoms with E-state index in [-0.39, 0.29) is 17.9 Å². The summed E-state index contributed by atoms with van der Waals surface area (Å²) in [6.07, 6.45) is 4.92. The van der Waals surface area contributed by atoms with Crippen LogP contribution in [-0.2, 0) is 9.53 Å². The smallest absolute Gasteiger partial charge is 0.409 e. The first-order valence-corrected chi connectivity index (χ1v) is 7.89. The Kier molecular flexibility index (Phi) is 5.49. The molecule has 0 aromatic carbocycles. The van der Waals surface area contributed by atoms with Gasteiger partial charge in [-0.1, -0.05) is 11.8 Å². The monoisotopic (exact) mass is 313 g/mol. The van der Waals surface area contributed by atoms with Gasteiger partial charge < -0.3 is 19.3 Å². The van der Waals surface area contributed by atoms with Crippen molar-refractivity contribution in [1.29, 1.82) is 0 Å². The number of imidazole rings is 1. The van der Waals surface area contributed by atoms with E-state index < -0.39 is 5.97 Å². The van der Waals surface area contributed by atoms with Gasteiger partial charge in [0.15, 0.2) is 5.16 Å². The van der Waals surface area contributed by atoms with Crippen LogP contribution in [-0.4, -0.2) is 57.1 Å². The number of likely N-dealkylation sites (tertiary alicyclic amines) is 1. The normalized spacial score (nSPS) is 16.0. The van der Waals surface area contributed by atoms with Gasteiger partial charge in [0.05, 0.1) is 12.4 Å². The van der Waals surface area contributed by atoms with E-state index in [0.717, 1.165) is 12.8 Å². The van der Waals surface area contributed by atoms with E-state index in [1.807, 2.05) is 10.8 Å². The molecule has 1 amide bonds. The largest absolute Gasteiger partial charge is 0.481 e. The van der Waals surface area contributed by atoms with E-state index in [0.29, 0.717) is 24.9 Å². The standard InChI is InChI=1S/C13H19N3O4S/c1-2-20-13(19)15-6-3-10(4-7-15)16-8-5-14-12(16)21-9-11(17)18/h5,8,10H,2-4,6-7,9H2,1H3,(H,17,18). The zero-order chi connectivity index (χ0) is 15.2. The molecule has 1 fully saturated rings. The number of aliphatic carboxylic acids is 1. The maximum Gasteiger partial charge on any atom is 0.409 e. The van der Waals surface area contributed by atoms with E-state index in [2.05, 4.69) is 4.98 Å². The van der Waals surface area contributed by atoms with Crippen LogP contribution >= 0.6 is 11.8 Å². The van der Waals surface area contributed by atoms with Gasteiger partial charge in [0.25, 0.3) is 0 Å². The minimum absolute atomic E-state index is 0.00131. The van der Waals surface area contributed by atoms with Crippen LogP contribution in [0.4, 0.5) is 4.79 Å². The predicted molar refractivity (Wildman–Crippen MR) is 77.5 cm³/mol. The van der Waals surface area contributed by atoms with E-state index in [9.17, 15) is 9.59 Å². The van der Waals surface area contributed by atoms with Gasteiger partial charge in [-0.2, -0.15) is 0 Å². The number of carboxylic acids is 1. The molecule has 0 bridgehead atoms. The number of ether oxygens (including phenoxy) is 1. The van der Waals surface area contributed by atoms with Gasteiger partial charge in [-0.05, 0) is 19.8 Å². The van der Waals surface area contributed by atoms with Crippen LogP contribution < -0.4 is 0 Å². The number of hydrogen-bond acceptors (Lipinski definition) is 5. The summed E-state index contributed by atoms with van der Waals surface area (Å²) < 4.78 is 7.00. The summed E-state index contributed by atoms with van der Waals surface area (Å²) in [5, 5.41) is 9.46. The van der Waals surface area contributed by atoms with E-state index in [1.54, 1.807) is 18.0 Å². The highest BCUT2D eigenvalue weighted by molar-refractivity contribution is 7.99. The Hall–Kier alpha value is -1.70. The molecule has 1 aromatic rings. The van der Waals surface area contributed by atoms with Crippen LogP contribution in [0.5, 0.6) is 0 Å². The second kappa shape index (κ2) is 7.35. The van der Waals surface area contributed by atoms with Gasteiger partial charge in [0, 0.05) is 31.5 Å². The molecule has 1 saturated heterocycles. The lowest BCUT2D eigenvalue weighted by molar-refractivity contribution is -0.133. The summed E-state index contributed by atoms with van der Waals surface area (Å²) >= 11 is 1.22. The lowest BCUT2D eigenvalue weighted by Gasteiger charge is -2.32. The maximum absolute atomic E-state index is 11.7. The lowest BCUT2D eigenvalue weighted by atomic mass is 10.1. The van der Waals surface area contributed by atoms with E-state index in [4.69, 9.17) is 9.84 Å². The third kappa shape index (κ3) is 4.13. The second-order valence-corrected chi connectivity index (χ2v) is 5.66. The molecule has 0 atom stereocenters. The highest BCUT2D eigenvalue weighted by Gasteiger charge is 2.25. The molecule has 0 radical (unpaired) electrons. The molecule has 1 N–H and O–H groups in total. The second-order valence-electron chi connectivity index (χ2n) is 4.72. The van der Waals surface area contributed by atoms with Crippen molar-refractivity contribution in [2.24, 2.45) is 0 Å². The first kappa shape index (κ1) is 15.7. The number of carbonyl (C=O) groups is 2. The molecule has 1 aliphatic heterocycles. The topological polar surface area (TPSA) is 84.7 Å². The van der Waals surface area contributed by atoms with Crippen molar-refractivity contribution in [3.63, 3.8) is 0 Å². The molecule has 7 nitrogen and oxygen atoms in total. The highest BCUT2D eigenvalue weighted by Crippen LogP contribution is 2.27. The van der Waals surface area contributed by atoms with Crippen LogP contribution in [0.3, 0.4) is 0 Å². The first-order chi connectivity index (χ1) is 10.1. The molecule has 0 spiro atoms. The molecule has 0 saturated carbocycles. The molecule has 1 aliphatic rings. The number of piperidine rings is 1. The fraction of sp³-hybridized carbons (Fsp3) is 0.615. The lowest BCUT2D eigenvalue weighted by Crippen LogP contribution is -2.39. The summed E-state index contributed by atoms with van der Waals surface area (Å²) in [6, 6.07) is 0.245. The fourth-order valence-electron chi connectivity index (χ4n) is 2.36. The molecule has 0 unspecified atom stereocenters. The van der Waals surface area contributed by atoms with Crippen LogP contribution in [0, 0.1) is 0 Å². The number of aromatic nitrogens is 2. The number of rotatable bonds is 5. The Labute approximate surface area is 127 Å². The fourth-order valence-corrected chi connectivity index (χ4v) is 3.10. The molecule has 21 heavy (non-hydrogen) atoms. The Bertz CT molecular complexity index is 497. The molecule has 2 heterocycles. The molecule has 1 aromatic heterocycles. The van der Waals surface area contributed by atoms with Crippen molar-refractivity contribution in [1.82, 2.24) is 14.5 Å². The van der Waals surface area contributed by atoms with Crippen molar-refractivity contribution in [3.8, 4) is 0 Å². The Morgan fingerprint density at radius 1 is 1.48 bits per heavy atom. The van der Waals surface area contributed by atoms with Crippen molar-refractivity contribution in [2.75, 3.05) is 25.4 Å². The van der Waals surface area contributed by atoms with E-state index in [1.165, 1.54) is 11.8 Å². The Morgan fingerprint density at radius 2 is 2.19 bits per heavy atom.